The van der Waals surface area contributed by atoms with Crippen molar-refractivity contribution in [2.45, 2.75) is 4.90 Å². The highest BCUT2D eigenvalue weighted by molar-refractivity contribution is 7.92. The van der Waals surface area contributed by atoms with Crippen molar-refractivity contribution < 1.29 is 27.9 Å². The van der Waals surface area contributed by atoms with Gasteiger partial charge in [0.2, 0.25) is 0 Å². The second kappa shape index (κ2) is 6.16. The zero-order valence-corrected chi connectivity index (χ0v) is 12.9. The lowest BCUT2D eigenvalue weighted by molar-refractivity contribution is -0.255. The Morgan fingerprint density at radius 1 is 1.27 bits per heavy atom. The monoisotopic (exact) mass is 340 g/mol. The summed E-state index contributed by atoms with van der Waals surface area (Å²) in [7, 11) is -2.86. The third-order valence-electron chi connectivity index (χ3n) is 2.66. The third-order valence-corrected chi connectivity index (χ3v) is 4.92. The van der Waals surface area contributed by atoms with Crippen LogP contribution in [0.1, 0.15) is 20.0 Å². The number of sulfonamides is 1. The molecule has 0 saturated carbocycles. The van der Waals surface area contributed by atoms with E-state index in [1.54, 1.807) is 0 Å². The van der Waals surface area contributed by atoms with Crippen LogP contribution in [0.15, 0.2) is 40.6 Å². The second-order valence-electron chi connectivity index (χ2n) is 4.08. The number of rotatable bonds is 5. The Hall–Kier alpha value is -2.39. The van der Waals surface area contributed by atoms with E-state index in [2.05, 4.69) is 9.46 Å². The number of carbonyl (C=O) groups excluding carboxylic acids is 2. The molecule has 0 amide bonds. The highest BCUT2D eigenvalue weighted by Gasteiger charge is 2.20. The van der Waals surface area contributed by atoms with Gasteiger partial charge in [-0.25, -0.2) is 13.2 Å². The zero-order chi connectivity index (χ0) is 16.3. The number of hydrogen-bond acceptors (Lipinski definition) is 7. The first-order chi connectivity index (χ1) is 10.3. The van der Waals surface area contributed by atoms with Crippen molar-refractivity contribution in [1.29, 1.82) is 0 Å². The van der Waals surface area contributed by atoms with Crippen LogP contribution in [-0.2, 0) is 14.8 Å². The Labute approximate surface area is 130 Å². The number of anilines is 1. The normalized spacial score (nSPS) is 11.0. The van der Waals surface area contributed by atoms with Gasteiger partial charge in [-0.05, 0) is 29.1 Å². The number of methoxy groups -OCH3 is 1. The van der Waals surface area contributed by atoms with Gasteiger partial charge in [0.15, 0.2) is 0 Å². The summed E-state index contributed by atoms with van der Waals surface area (Å²) in [6.07, 6.45) is 0. The lowest BCUT2D eigenvalue weighted by Crippen LogP contribution is -2.23. The first kappa shape index (κ1) is 16.0. The van der Waals surface area contributed by atoms with E-state index < -0.39 is 22.0 Å². The van der Waals surface area contributed by atoms with Crippen molar-refractivity contribution >= 4 is 39.0 Å². The van der Waals surface area contributed by atoms with Crippen LogP contribution >= 0.6 is 11.3 Å². The van der Waals surface area contributed by atoms with Gasteiger partial charge in [0.1, 0.15) is 4.88 Å². The van der Waals surface area contributed by atoms with Crippen LogP contribution in [0.5, 0.6) is 0 Å². The van der Waals surface area contributed by atoms with Crippen molar-refractivity contribution in [3.8, 4) is 0 Å². The Bertz CT molecular complexity index is 825. The molecule has 1 N–H and O–H groups in total. The minimum Gasteiger partial charge on any atom is -0.545 e. The first-order valence-electron chi connectivity index (χ1n) is 5.85. The summed E-state index contributed by atoms with van der Waals surface area (Å²) >= 11 is 1.02. The summed E-state index contributed by atoms with van der Waals surface area (Å²) in [5.41, 5.74) is -0.197. The number of carboxylic acid groups (broad SMARTS) is 1. The van der Waals surface area contributed by atoms with Crippen LogP contribution in [0.25, 0.3) is 0 Å². The van der Waals surface area contributed by atoms with Crippen LogP contribution in [0.4, 0.5) is 5.69 Å². The molecule has 0 spiro atoms. The number of nitrogens with one attached hydrogen (secondary N) is 1. The molecule has 0 saturated heterocycles. The van der Waals surface area contributed by atoms with Crippen molar-refractivity contribution in [3.05, 3.63) is 46.2 Å². The lowest BCUT2D eigenvalue weighted by Gasteiger charge is -2.10. The van der Waals surface area contributed by atoms with Crippen LogP contribution < -0.4 is 9.83 Å². The van der Waals surface area contributed by atoms with Crippen molar-refractivity contribution in [3.63, 3.8) is 0 Å². The Morgan fingerprint density at radius 2 is 2.00 bits per heavy atom. The molecular formula is C13H10NO6S2-. The molecular weight excluding hydrogens is 330 g/mol. The zero-order valence-electron chi connectivity index (χ0n) is 11.2. The smallest absolute Gasteiger partial charge is 0.350 e. The fraction of sp³-hybridized carbons (Fsp3) is 0.0769. The Balaban J connectivity index is 2.37. The fourth-order valence-corrected chi connectivity index (χ4v) is 3.58. The SMILES string of the molecule is COC(=O)c1sccc1NS(=O)(=O)c1cccc(C(=O)[O-])c1. The van der Waals surface area contributed by atoms with Gasteiger partial charge in [0.25, 0.3) is 10.0 Å². The molecule has 1 aromatic carbocycles. The molecule has 22 heavy (non-hydrogen) atoms. The largest absolute Gasteiger partial charge is 0.545 e. The van der Waals surface area contributed by atoms with E-state index in [-0.39, 0.29) is 21.0 Å². The van der Waals surface area contributed by atoms with E-state index in [0.717, 1.165) is 17.4 Å². The summed E-state index contributed by atoms with van der Waals surface area (Å²) in [5.74, 6) is -2.15. The molecule has 116 valence electrons. The highest BCUT2D eigenvalue weighted by atomic mass is 32.2. The van der Waals surface area contributed by atoms with Gasteiger partial charge in [0.05, 0.1) is 23.7 Å². The van der Waals surface area contributed by atoms with Gasteiger partial charge in [-0.2, -0.15) is 0 Å². The van der Waals surface area contributed by atoms with Crippen LogP contribution in [0.2, 0.25) is 0 Å². The predicted molar refractivity (Wildman–Crippen MR) is 77.2 cm³/mol. The standard InChI is InChI=1S/C13H11NO6S2/c1-20-13(17)11-10(5-6-21-11)14-22(18,19)9-4-2-3-8(7-9)12(15)16/h2-7,14H,1H3,(H,15,16)/p-1. The maximum Gasteiger partial charge on any atom is 0.350 e. The van der Waals surface area contributed by atoms with Crippen molar-refractivity contribution in [2.75, 3.05) is 11.8 Å². The number of carboxylic acids is 1. The van der Waals surface area contributed by atoms with E-state index in [4.69, 9.17) is 0 Å². The van der Waals surface area contributed by atoms with Crippen molar-refractivity contribution in [2.24, 2.45) is 0 Å². The van der Waals surface area contributed by atoms with E-state index in [1.807, 2.05) is 0 Å². The molecule has 1 heterocycles. The molecule has 9 heteroatoms. The van der Waals surface area contributed by atoms with E-state index in [9.17, 15) is 23.1 Å². The number of hydrogen-bond donors (Lipinski definition) is 1. The summed E-state index contributed by atoms with van der Waals surface area (Å²) in [5, 5.41) is 12.3. The molecule has 0 radical (unpaired) electrons. The number of benzene rings is 1. The number of carbonyl (C=O) groups is 2. The fourth-order valence-electron chi connectivity index (χ4n) is 1.63. The van der Waals surface area contributed by atoms with E-state index in [1.165, 1.54) is 36.8 Å². The predicted octanol–water partition coefficient (Wildman–Crippen LogP) is 0.699. The van der Waals surface area contributed by atoms with Gasteiger partial charge in [-0.3, -0.25) is 4.72 Å². The molecule has 0 aliphatic heterocycles. The van der Waals surface area contributed by atoms with Crippen LogP contribution in [-0.4, -0.2) is 27.5 Å². The minimum absolute atomic E-state index is 0.0655. The quantitative estimate of drug-likeness (QED) is 0.802. The van der Waals surface area contributed by atoms with E-state index in [0.29, 0.717) is 0 Å². The van der Waals surface area contributed by atoms with Gasteiger partial charge in [-0.15, -0.1) is 11.3 Å². The van der Waals surface area contributed by atoms with Gasteiger partial charge in [-0.1, -0.05) is 12.1 Å². The summed E-state index contributed by atoms with van der Waals surface area (Å²) in [6.45, 7) is 0. The molecule has 0 fully saturated rings. The second-order valence-corrected chi connectivity index (χ2v) is 6.67. The number of esters is 1. The van der Waals surface area contributed by atoms with Crippen LogP contribution in [0.3, 0.4) is 0 Å². The minimum atomic E-state index is -4.05. The Kier molecular flexibility index (Phi) is 4.48. The van der Waals surface area contributed by atoms with Gasteiger partial charge < -0.3 is 14.6 Å². The molecule has 7 nitrogen and oxygen atoms in total. The molecule has 2 rings (SSSR count). The molecule has 1 aromatic heterocycles. The lowest BCUT2D eigenvalue weighted by atomic mass is 10.2. The number of thiophene rings is 1. The average molecular weight is 340 g/mol. The van der Waals surface area contributed by atoms with E-state index >= 15 is 0 Å². The number of ether oxygens (including phenoxy) is 1. The highest BCUT2D eigenvalue weighted by Crippen LogP contribution is 2.26. The molecule has 0 aliphatic rings. The molecule has 0 aliphatic carbocycles. The van der Waals surface area contributed by atoms with Crippen molar-refractivity contribution in [1.82, 2.24) is 0 Å². The molecule has 2 aromatic rings. The summed E-state index contributed by atoms with van der Waals surface area (Å²) < 4.78 is 31.3. The summed E-state index contributed by atoms with van der Waals surface area (Å²) in [4.78, 5) is 22.2. The van der Waals surface area contributed by atoms with Gasteiger partial charge >= 0.3 is 5.97 Å². The maximum atomic E-state index is 12.3. The summed E-state index contributed by atoms with van der Waals surface area (Å²) in [6, 6.07) is 6.13. The topological polar surface area (TPSA) is 113 Å². The molecule has 0 atom stereocenters. The maximum absolute atomic E-state index is 12.3. The molecule has 0 unspecified atom stereocenters. The number of aromatic carboxylic acids is 1. The molecule has 0 bridgehead atoms. The Morgan fingerprint density at radius 3 is 2.64 bits per heavy atom. The average Bonchev–Trinajstić information content (AvgIpc) is 2.94. The third kappa shape index (κ3) is 3.26. The van der Waals surface area contributed by atoms with Gasteiger partial charge in [0, 0.05) is 0 Å². The van der Waals surface area contributed by atoms with Crippen LogP contribution in [0, 0.1) is 0 Å². The first-order valence-corrected chi connectivity index (χ1v) is 8.21.